The summed E-state index contributed by atoms with van der Waals surface area (Å²) in [6.45, 7) is 5.04. The first-order valence-electron chi connectivity index (χ1n) is 3.97. The Balaban J connectivity index is 0.000001000. The molecule has 0 amide bonds. The van der Waals surface area contributed by atoms with Gasteiger partial charge in [0, 0.05) is 6.42 Å². The summed E-state index contributed by atoms with van der Waals surface area (Å²) in [4.78, 5) is 11.3. The quantitative estimate of drug-likeness (QED) is 0.658. The fraction of sp³-hybridized carbons (Fsp3) is 0.875. The number of carbonyl (C=O) groups excluding carboxylic acids is 1. The molecule has 1 aliphatic heterocycles. The number of nitrogens with one attached hydrogen (secondary N) is 1. The zero-order valence-electron chi connectivity index (χ0n) is 7.14. The lowest BCUT2D eigenvalue weighted by Crippen LogP contribution is -2.52. The number of Topliss-reactive ketones (excluding diaryl/α,β-unsaturated/α-hetero) is 1. The molecule has 0 radical (unpaired) electrons. The Morgan fingerprint density at radius 3 is 2.64 bits per heavy atom. The van der Waals surface area contributed by atoms with E-state index in [4.69, 9.17) is 0 Å². The van der Waals surface area contributed by atoms with Crippen LogP contribution in [0.5, 0.6) is 0 Å². The molecule has 0 aliphatic carbocycles. The molecule has 1 aliphatic rings. The minimum atomic E-state index is -0.210. The predicted octanol–water partition coefficient (Wildman–Crippen LogP) is 1.53. The van der Waals surface area contributed by atoms with E-state index in [0.29, 0.717) is 5.78 Å². The van der Waals surface area contributed by atoms with Gasteiger partial charge in [-0.3, -0.25) is 4.79 Å². The summed E-state index contributed by atoms with van der Waals surface area (Å²) >= 11 is 0. The normalized spacial score (nSPS) is 31.3. The lowest BCUT2D eigenvalue weighted by molar-refractivity contribution is -0.126. The second-order valence-corrected chi connectivity index (χ2v) is 3.14. The fourth-order valence-corrected chi connectivity index (χ4v) is 1.31. The van der Waals surface area contributed by atoms with Crippen LogP contribution in [0.1, 0.15) is 33.1 Å². The average molecular weight is 178 g/mol. The maximum atomic E-state index is 11.3. The van der Waals surface area contributed by atoms with Gasteiger partial charge in [0.1, 0.15) is 0 Å². The summed E-state index contributed by atoms with van der Waals surface area (Å²) in [6, 6.07) is 0. The van der Waals surface area contributed by atoms with Crippen LogP contribution in [0.15, 0.2) is 0 Å². The van der Waals surface area contributed by atoms with Crippen LogP contribution in [0.3, 0.4) is 0 Å². The van der Waals surface area contributed by atoms with Gasteiger partial charge in [0.25, 0.3) is 0 Å². The molecule has 1 heterocycles. The van der Waals surface area contributed by atoms with Gasteiger partial charge in [-0.2, -0.15) is 0 Å². The molecule has 1 atom stereocenters. The maximum Gasteiger partial charge on any atom is 0.152 e. The Hall–Kier alpha value is -0.0800. The molecular formula is C8H16ClNO. The molecule has 11 heavy (non-hydrogen) atoms. The minimum absolute atomic E-state index is 0. The Kier molecular flexibility index (Phi) is 4.04. The number of rotatable bonds is 1. The highest BCUT2D eigenvalue weighted by molar-refractivity contribution is 5.88. The summed E-state index contributed by atoms with van der Waals surface area (Å²) in [7, 11) is 0. The van der Waals surface area contributed by atoms with E-state index in [1.807, 2.05) is 6.92 Å². The fourth-order valence-electron chi connectivity index (χ4n) is 1.31. The predicted molar refractivity (Wildman–Crippen MR) is 48.2 cm³/mol. The van der Waals surface area contributed by atoms with Gasteiger partial charge in [-0.1, -0.05) is 6.92 Å². The van der Waals surface area contributed by atoms with Crippen LogP contribution in [0.2, 0.25) is 0 Å². The lowest BCUT2D eigenvalue weighted by Gasteiger charge is -2.32. The van der Waals surface area contributed by atoms with Gasteiger partial charge >= 0.3 is 0 Å². The van der Waals surface area contributed by atoms with Crippen LogP contribution in [-0.2, 0) is 4.79 Å². The summed E-state index contributed by atoms with van der Waals surface area (Å²) in [5.74, 6) is 0.376. The van der Waals surface area contributed by atoms with Crippen LogP contribution < -0.4 is 5.32 Å². The van der Waals surface area contributed by atoms with Crippen LogP contribution in [0, 0.1) is 0 Å². The van der Waals surface area contributed by atoms with Gasteiger partial charge in [-0.15, -0.1) is 12.4 Å². The number of ketones is 1. The van der Waals surface area contributed by atoms with Crippen LogP contribution in [0.25, 0.3) is 0 Å². The molecular weight excluding hydrogens is 162 g/mol. The topological polar surface area (TPSA) is 29.1 Å². The first kappa shape index (κ1) is 10.9. The third kappa shape index (κ3) is 2.17. The van der Waals surface area contributed by atoms with Crippen molar-refractivity contribution in [2.75, 3.05) is 6.54 Å². The molecule has 0 aromatic carbocycles. The van der Waals surface area contributed by atoms with Crippen LogP contribution >= 0.6 is 12.4 Å². The Morgan fingerprint density at radius 2 is 2.27 bits per heavy atom. The SMILES string of the molecule is CCC1(C)NCCCC1=O.Cl. The van der Waals surface area contributed by atoms with Crippen LogP contribution in [0.4, 0.5) is 0 Å². The highest BCUT2D eigenvalue weighted by Gasteiger charge is 2.32. The maximum absolute atomic E-state index is 11.3. The number of piperidine rings is 1. The van der Waals surface area contributed by atoms with Crippen LogP contribution in [-0.4, -0.2) is 17.9 Å². The second kappa shape index (κ2) is 4.07. The lowest BCUT2D eigenvalue weighted by atomic mass is 9.87. The van der Waals surface area contributed by atoms with Gasteiger partial charge < -0.3 is 5.32 Å². The molecule has 0 bridgehead atoms. The Labute approximate surface area is 74.2 Å². The van der Waals surface area contributed by atoms with Crippen molar-refractivity contribution >= 4 is 18.2 Å². The van der Waals surface area contributed by atoms with Crippen molar-refractivity contribution in [3.8, 4) is 0 Å². The molecule has 1 unspecified atom stereocenters. The highest BCUT2D eigenvalue weighted by Crippen LogP contribution is 2.17. The molecule has 0 aromatic rings. The zero-order valence-corrected chi connectivity index (χ0v) is 7.96. The van der Waals surface area contributed by atoms with Gasteiger partial charge in [-0.25, -0.2) is 0 Å². The summed E-state index contributed by atoms with van der Waals surface area (Å²) < 4.78 is 0. The van der Waals surface area contributed by atoms with E-state index in [-0.39, 0.29) is 17.9 Å². The number of hydrogen-bond acceptors (Lipinski definition) is 2. The third-order valence-corrected chi connectivity index (χ3v) is 2.42. The molecule has 1 N–H and O–H groups in total. The molecule has 0 aromatic heterocycles. The minimum Gasteiger partial charge on any atom is -0.305 e. The van der Waals surface area contributed by atoms with Crippen molar-refractivity contribution in [3.63, 3.8) is 0 Å². The van der Waals surface area contributed by atoms with Gasteiger partial charge in [-0.05, 0) is 26.3 Å². The zero-order chi connectivity index (χ0) is 7.61. The summed E-state index contributed by atoms with van der Waals surface area (Å²) in [5.41, 5.74) is -0.210. The van der Waals surface area contributed by atoms with Crippen molar-refractivity contribution in [1.82, 2.24) is 5.32 Å². The molecule has 3 heteroatoms. The Morgan fingerprint density at radius 1 is 1.64 bits per heavy atom. The smallest absolute Gasteiger partial charge is 0.152 e. The molecule has 1 saturated heterocycles. The molecule has 0 spiro atoms. The highest BCUT2D eigenvalue weighted by atomic mass is 35.5. The van der Waals surface area contributed by atoms with Crippen molar-refractivity contribution < 1.29 is 4.79 Å². The second-order valence-electron chi connectivity index (χ2n) is 3.14. The molecule has 2 nitrogen and oxygen atoms in total. The number of halogens is 1. The first-order valence-corrected chi connectivity index (χ1v) is 3.97. The van der Waals surface area contributed by atoms with E-state index in [2.05, 4.69) is 12.2 Å². The largest absolute Gasteiger partial charge is 0.305 e. The number of carbonyl (C=O) groups is 1. The van der Waals surface area contributed by atoms with Crippen molar-refractivity contribution in [2.45, 2.75) is 38.6 Å². The van der Waals surface area contributed by atoms with Gasteiger partial charge in [0.15, 0.2) is 5.78 Å². The van der Waals surface area contributed by atoms with Crippen molar-refractivity contribution in [2.24, 2.45) is 0 Å². The third-order valence-electron chi connectivity index (χ3n) is 2.42. The molecule has 1 fully saturated rings. The molecule has 66 valence electrons. The van der Waals surface area contributed by atoms with Crippen molar-refractivity contribution in [1.29, 1.82) is 0 Å². The van der Waals surface area contributed by atoms with E-state index in [9.17, 15) is 4.79 Å². The monoisotopic (exact) mass is 177 g/mol. The standard InChI is InChI=1S/C8H15NO.ClH/c1-3-8(2)7(10)5-4-6-9-8;/h9H,3-6H2,1-2H3;1H. The van der Waals surface area contributed by atoms with E-state index >= 15 is 0 Å². The van der Waals surface area contributed by atoms with E-state index in [1.54, 1.807) is 0 Å². The molecule has 1 rings (SSSR count). The van der Waals surface area contributed by atoms with E-state index in [0.717, 1.165) is 25.8 Å². The number of hydrogen-bond donors (Lipinski definition) is 1. The summed E-state index contributed by atoms with van der Waals surface area (Å²) in [6.07, 6.45) is 2.68. The van der Waals surface area contributed by atoms with E-state index < -0.39 is 0 Å². The Bertz CT molecular complexity index is 149. The first-order chi connectivity index (χ1) is 4.69. The molecule has 0 saturated carbocycles. The van der Waals surface area contributed by atoms with Gasteiger partial charge in [0.2, 0.25) is 0 Å². The van der Waals surface area contributed by atoms with Gasteiger partial charge in [0.05, 0.1) is 5.54 Å². The summed E-state index contributed by atoms with van der Waals surface area (Å²) in [5, 5.41) is 3.25. The van der Waals surface area contributed by atoms with Crippen molar-refractivity contribution in [3.05, 3.63) is 0 Å². The van der Waals surface area contributed by atoms with E-state index in [1.165, 1.54) is 0 Å². The average Bonchev–Trinajstić information content (AvgIpc) is 1.96.